The van der Waals surface area contributed by atoms with E-state index in [9.17, 15) is 4.79 Å². The van der Waals surface area contributed by atoms with Gasteiger partial charge in [-0.15, -0.1) is 0 Å². The third kappa shape index (κ3) is 2.67. The van der Waals surface area contributed by atoms with Crippen molar-refractivity contribution < 1.29 is 4.79 Å². The number of urea groups is 1. The molecule has 2 fully saturated rings. The average molecular weight is 225 g/mol. The molecule has 2 amide bonds. The molecule has 2 rings (SSSR count). The molecule has 92 valence electrons. The summed E-state index contributed by atoms with van der Waals surface area (Å²) in [6, 6.07) is 0.567. The van der Waals surface area contributed by atoms with Gasteiger partial charge in [-0.1, -0.05) is 12.8 Å². The fourth-order valence-electron chi connectivity index (χ4n) is 2.88. The Kier molecular flexibility index (Phi) is 4.04. The maximum atomic E-state index is 11.7. The van der Waals surface area contributed by atoms with Gasteiger partial charge in [-0.3, -0.25) is 0 Å². The lowest BCUT2D eigenvalue weighted by Crippen LogP contribution is -2.32. The van der Waals surface area contributed by atoms with Crippen molar-refractivity contribution in [3.63, 3.8) is 0 Å². The van der Waals surface area contributed by atoms with E-state index in [1.54, 1.807) is 0 Å². The molecule has 2 N–H and O–H groups in total. The van der Waals surface area contributed by atoms with Crippen molar-refractivity contribution >= 4 is 6.03 Å². The molecule has 1 atom stereocenters. The number of nitrogens with zero attached hydrogens (tertiary/aromatic N) is 1. The van der Waals surface area contributed by atoms with Crippen LogP contribution in [0.15, 0.2) is 0 Å². The predicted octanol–water partition coefficient (Wildman–Crippen LogP) is 1.18. The number of nitrogens with one attached hydrogen (secondary N) is 2. The van der Waals surface area contributed by atoms with Gasteiger partial charge in [0.2, 0.25) is 0 Å². The van der Waals surface area contributed by atoms with E-state index in [4.69, 9.17) is 0 Å². The number of hydrogen-bond acceptors (Lipinski definition) is 2. The van der Waals surface area contributed by atoms with E-state index in [1.165, 1.54) is 25.7 Å². The molecule has 1 heterocycles. The second-order valence-electron chi connectivity index (χ2n) is 5.00. The molecule has 1 unspecified atom stereocenters. The Morgan fingerprint density at radius 3 is 2.88 bits per heavy atom. The molecule has 1 saturated carbocycles. The highest BCUT2D eigenvalue weighted by Crippen LogP contribution is 2.29. The van der Waals surface area contributed by atoms with Gasteiger partial charge in [-0.2, -0.15) is 0 Å². The van der Waals surface area contributed by atoms with Gasteiger partial charge in [0.25, 0.3) is 0 Å². The van der Waals surface area contributed by atoms with Crippen molar-refractivity contribution in [2.24, 2.45) is 5.92 Å². The molecule has 0 radical (unpaired) electrons. The van der Waals surface area contributed by atoms with Gasteiger partial charge in [0.05, 0.1) is 6.04 Å². The van der Waals surface area contributed by atoms with Crippen molar-refractivity contribution in [3.05, 3.63) is 0 Å². The van der Waals surface area contributed by atoms with E-state index in [-0.39, 0.29) is 6.03 Å². The highest BCUT2D eigenvalue weighted by molar-refractivity contribution is 5.76. The molecule has 1 aliphatic carbocycles. The molecule has 1 aliphatic heterocycles. The summed E-state index contributed by atoms with van der Waals surface area (Å²) in [4.78, 5) is 13.7. The van der Waals surface area contributed by atoms with Gasteiger partial charge in [0.15, 0.2) is 0 Å². The Morgan fingerprint density at radius 2 is 2.19 bits per heavy atom. The number of hydrogen-bond donors (Lipinski definition) is 2. The quantitative estimate of drug-likeness (QED) is 0.690. The molecule has 0 aromatic rings. The lowest BCUT2D eigenvalue weighted by Gasteiger charge is -2.18. The zero-order valence-corrected chi connectivity index (χ0v) is 10.2. The Balaban J connectivity index is 1.77. The van der Waals surface area contributed by atoms with Crippen LogP contribution >= 0.6 is 0 Å². The molecular weight excluding hydrogens is 202 g/mol. The summed E-state index contributed by atoms with van der Waals surface area (Å²) in [6.07, 6.45) is 6.33. The van der Waals surface area contributed by atoms with E-state index >= 15 is 0 Å². The van der Waals surface area contributed by atoms with Gasteiger partial charge >= 0.3 is 6.03 Å². The zero-order valence-electron chi connectivity index (χ0n) is 10.2. The minimum atomic E-state index is 0.146. The van der Waals surface area contributed by atoms with Crippen LogP contribution < -0.4 is 10.6 Å². The van der Waals surface area contributed by atoms with Crippen molar-refractivity contribution in [1.82, 2.24) is 15.5 Å². The minimum absolute atomic E-state index is 0.146. The maximum absolute atomic E-state index is 11.7. The van der Waals surface area contributed by atoms with Gasteiger partial charge in [0, 0.05) is 13.1 Å². The number of rotatable bonds is 5. The smallest absolute Gasteiger partial charge is 0.317 e. The highest BCUT2D eigenvalue weighted by atomic mass is 16.2. The lowest BCUT2D eigenvalue weighted by atomic mass is 9.99. The summed E-state index contributed by atoms with van der Waals surface area (Å²) >= 11 is 0. The first-order valence-electron chi connectivity index (χ1n) is 6.51. The second-order valence-corrected chi connectivity index (χ2v) is 5.00. The summed E-state index contributed by atoms with van der Waals surface area (Å²) in [5.41, 5.74) is 0. The minimum Gasteiger partial charge on any atom is -0.333 e. The van der Waals surface area contributed by atoms with E-state index in [0.29, 0.717) is 6.04 Å². The molecule has 4 nitrogen and oxygen atoms in total. The molecule has 0 bridgehead atoms. The summed E-state index contributed by atoms with van der Waals surface area (Å²) in [5, 5.41) is 6.25. The third-order valence-electron chi connectivity index (χ3n) is 3.84. The van der Waals surface area contributed by atoms with Crippen molar-refractivity contribution in [3.8, 4) is 0 Å². The van der Waals surface area contributed by atoms with Crippen molar-refractivity contribution in [1.29, 1.82) is 0 Å². The molecule has 0 aromatic heterocycles. The molecule has 16 heavy (non-hydrogen) atoms. The largest absolute Gasteiger partial charge is 0.333 e. The van der Waals surface area contributed by atoms with Crippen LogP contribution in [0.2, 0.25) is 0 Å². The van der Waals surface area contributed by atoms with E-state index < -0.39 is 0 Å². The van der Waals surface area contributed by atoms with Crippen LogP contribution in [0.1, 0.15) is 32.1 Å². The summed E-state index contributed by atoms with van der Waals surface area (Å²) < 4.78 is 0. The monoisotopic (exact) mass is 225 g/mol. The van der Waals surface area contributed by atoms with E-state index in [2.05, 4.69) is 10.6 Å². The van der Waals surface area contributed by atoms with Crippen LogP contribution in [-0.2, 0) is 0 Å². The first kappa shape index (κ1) is 11.7. The molecule has 1 saturated heterocycles. The fraction of sp³-hybridized carbons (Fsp3) is 0.917. The summed E-state index contributed by atoms with van der Waals surface area (Å²) in [7, 11) is 1.95. The van der Waals surface area contributed by atoms with Crippen LogP contribution in [-0.4, -0.2) is 43.7 Å². The van der Waals surface area contributed by atoms with E-state index in [1.807, 2.05) is 11.9 Å². The number of carbonyl (C=O) groups excluding carboxylic acids is 1. The topological polar surface area (TPSA) is 44.4 Å². The van der Waals surface area contributed by atoms with Crippen molar-refractivity contribution in [2.75, 3.05) is 26.7 Å². The summed E-state index contributed by atoms with van der Waals surface area (Å²) in [5.74, 6) is 0.734. The predicted molar refractivity (Wildman–Crippen MR) is 64.4 cm³/mol. The standard InChI is InChI=1S/C12H23N3O/c1-13-7-4-8-15-9-11(14-12(15)16)10-5-2-3-6-10/h10-11,13H,2-9H2,1H3,(H,14,16). The Morgan fingerprint density at radius 1 is 1.44 bits per heavy atom. The molecule has 0 spiro atoms. The SMILES string of the molecule is CNCCCN1CC(C2CCCC2)NC1=O. The zero-order chi connectivity index (χ0) is 11.4. The molecular formula is C12H23N3O. The van der Waals surface area contributed by atoms with Gasteiger partial charge in [0.1, 0.15) is 0 Å². The van der Waals surface area contributed by atoms with Crippen LogP contribution in [0.25, 0.3) is 0 Å². The maximum Gasteiger partial charge on any atom is 0.317 e. The molecule has 4 heteroatoms. The number of carbonyl (C=O) groups is 1. The molecule has 2 aliphatic rings. The van der Waals surface area contributed by atoms with Gasteiger partial charge < -0.3 is 15.5 Å². The highest BCUT2D eigenvalue weighted by Gasteiger charge is 2.34. The third-order valence-corrected chi connectivity index (χ3v) is 3.84. The Hall–Kier alpha value is -0.770. The first-order valence-corrected chi connectivity index (χ1v) is 6.51. The molecule has 0 aromatic carbocycles. The van der Waals surface area contributed by atoms with Crippen molar-refractivity contribution in [2.45, 2.75) is 38.1 Å². The van der Waals surface area contributed by atoms with Crippen LogP contribution in [0, 0.1) is 5.92 Å². The Labute approximate surface area is 97.8 Å². The van der Waals surface area contributed by atoms with E-state index in [0.717, 1.165) is 32.0 Å². The summed E-state index contributed by atoms with van der Waals surface area (Å²) in [6.45, 7) is 2.79. The Bertz CT molecular complexity index is 238. The fourth-order valence-corrected chi connectivity index (χ4v) is 2.88. The first-order chi connectivity index (χ1) is 7.81. The lowest BCUT2D eigenvalue weighted by molar-refractivity contribution is 0.217. The van der Waals surface area contributed by atoms with Gasteiger partial charge in [-0.25, -0.2) is 4.79 Å². The number of amides is 2. The van der Waals surface area contributed by atoms with Crippen LogP contribution in [0.5, 0.6) is 0 Å². The van der Waals surface area contributed by atoms with Crippen LogP contribution in [0.4, 0.5) is 4.79 Å². The van der Waals surface area contributed by atoms with Gasteiger partial charge in [-0.05, 0) is 38.8 Å². The normalized spacial score (nSPS) is 26.4. The second kappa shape index (κ2) is 5.53. The average Bonchev–Trinajstić information content (AvgIpc) is 2.88. The van der Waals surface area contributed by atoms with Crippen LogP contribution in [0.3, 0.4) is 0 Å².